The molecular weight excluding hydrogens is 328 g/mol. The van der Waals surface area contributed by atoms with Crippen molar-refractivity contribution in [1.82, 2.24) is 9.80 Å². The number of likely N-dealkylation sites (N-methyl/N-ethyl adjacent to an activating group) is 1. The molecule has 1 aliphatic rings. The Morgan fingerprint density at radius 1 is 1.15 bits per heavy atom. The van der Waals surface area contributed by atoms with Gasteiger partial charge in [0.2, 0.25) is 5.91 Å². The van der Waals surface area contributed by atoms with E-state index in [4.69, 9.17) is 5.11 Å². The van der Waals surface area contributed by atoms with Gasteiger partial charge in [0.15, 0.2) is 0 Å². The van der Waals surface area contributed by atoms with E-state index < -0.39 is 5.97 Å². The number of nitrogens with zero attached hydrogens (tertiary/aromatic N) is 2. The number of carboxylic acid groups (broad SMARTS) is 1. The van der Waals surface area contributed by atoms with Crippen molar-refractivity contribution in [2.24, 2.45) is 5.92 Å². The van der Waals surface area contributed by atoms with Crippen LogP contribution < -0.4 is 0 Å². The van der Waals surface area contributed by atoms with Gasteiger partial charge in [-0.3, -0.25) is 14.5 Å². The van der Waals surface area contributed by atoms with Crippen LogP contribution in [0.2, 0.25) is 0 Å². The van der Waals surface area contributed by atoms with Crippen LogP contribution in [0.5, 0.6) is 0 Å². The van der Waals surface area contributed by atoms with Gasteiger partial charge in [-0.05, 0) is 42.9 Å². The first kappa shape index (κ1) is 20.4. The lowest BCUT2D eigenvalue weighted by molar-refractivity contribution is -0.140. The quantitative estimate of drug-likeness (QED) is 0.774. The number of carbonyl (C=O) groups excluding carboxylic acids is 1. The highest BCUT2D eigenvalue weighted by molar-refractivity contribution is 5.78. The van der Waals surface area contributed by atoms with Gasteiger partial charge in [0.1, 0.15) is 0 Å². The van der Waals surface area contributed by atoms with Gasteiger partial charge in [-0.25, -0.2) is 0 Å². The molecule has 0 bridgehead atoms. The van der Waals surface area contributed by atoms with Crippen LogP contribution in [-0.2, 0) is 22.4 Å². The fraction of sp³-hybridized carbons (Fsp3) is 0.619. The molecule has 1 aromatic carbocycles. The Morgan fingerprint density at radius 3 is 2.23 bits per heavy atom. The second-order valence-electron chi connectivity index (χ2n) is 7.66. The summed E-state index contributed by atoms with van der Waals surface area (Å²) in [6, 6.07) is 8.64. The molecule has 26 heavy (non-hydrogen) atoms. The summed E-state index contributed by atoms with van der Waals surface area (Å²) in [6.07, 6.45) is 3.20. The third-order valence-corrected chi connectivity index (χ3v) is 5.10. The third-order valence-electron chi connectivity index (χ3n) is 5.10. The Bertz CT molecular complexity index is 590. The van der Waals surface area contributed by atoms with E-state index >= 15 is 0 Å². The Kier molecular flexibility index (Phi) is 7.64. The second-order valence-corrected chi connectivity index (χ2v) is 7.66. The molecule has 1 amide bonds. The van der Waals surface area contributed by atoms with Crippen molar-refractivity contribution in [2.45, 2.75) is 52.5 Å². The predicted octanol–water partition coefficient (Wildman–Crippen LogP) is 2.83. The minimum Gasteiger partial charge on any atom is -0.480 e. The van der Waals surface area contributed by atoms with Crippen molar-refractivity contribution in [2.75, 3.05) is 26.2 Å². The minimum absolute atomic E-state index is 0.0812. The normalized spacial score (nSPS) is 15.7. The zero-order valence-electron chi connectivity index (χ0n) is 16.3. The number of carbonyl (C=O) groups is 2. The van der Waals surface area contributed by atoms with Crippen LogP contribution in [-0.4, -0.2) is 59.0 Å². The molecule has 5 nitrogen and oxygen atoms in total. The van der Waals surface area contributed by atoms with Crippen molar-refractivity contribution in [3.63, 3.8) is 0 Å². The van der Waals surface area contributed by atoms with Crippen molar-refractivity contribution < 1.29 is 14.7 Å². The number of benzene rings is 1. The molecule has 0 aliphatic carbocycles. The van der Waals surface area contributed by atoms with Gasteiger partial charge in [0.25, 0.3) is 0 Å². The Morgan fingerprint density at radius 2 is 1.73 bits per heavy atom. The number of aliphatic carboxylic acids is 1. The number of carboxylic acids is 1. The molecule has 1 N–H and O–H groups in total. The van der Waals surface area contributed by atoms with E-state index in [-0.39, 0.29) is 18.5 Å². The van der Waals surface area contributed by atoms with Crippen molar-refractivity contribution >= 4 is 11.9 Å². The van der Waals surface area contributed by atoms with Crippen molar-refractivity contribution in [1.29, 1.82) is 0 Å². The van der Waals surface area contributed by atoms with Gasteiger partial charge >= 0.3 is 5.97 Å². The van der Waals surface area contributed by atoms with E-state index in [1.807, 2.05) is 16.7 Å². The smallest absolute Gasteiger partial charge is 0.317 e. The van der Waals surface area contributed by atoms with E-state index in [0.29, 0.717) is 25.4 Å². The average molecular weight is 360 g/mol. The summed E-state index contributed by atoms with van der Waals surface area (Å²) >= 11 is 0. The van der Waals surface area contributed by atoms with Gasteiger partial charge in [0.05, 0.1) is 13.0 Å². The van der Waals surface area contributed by atoms with Gasteiger partial charge < -0.3 is 10.0 Å². The molecule has 2 rings (SSSR count). The van der Waals surface area contributed by atoms with E-state index in [1.54, 1.807) is 0 Å². The summed E-state index contributed by atoms with van der Waals surface area (Å²) in [5.41, 5.74) is 2.38. The minimum atomic E-state index is -0.786. The van der Waals surface area contributed by atoms with Crippen LogP contribution >= 0.6 is 0 Å². The SMILES string of the molecule is CCN(CC(=O)O)C1CCN(C(=O)Cc2ccc(CC(C)C)cc2)CC1. The van der Waals surface area contributed by atoms with Crippen LogP contribution in [0.1, 0.15) is 44.7 Å². The maximum absolute atomic E-state index is 12.6. The number of hydrogen-bond acceptors (Lipinski definition) is 3. The fourth-order valence-corrected chi connectivity index (χ4v) is 3.70. The summed E-state index contributed by atoms with van der Waals surface area (Å²) in [5, 5.41) is 9.01. The predicted molar refractivity (Wildman–Crippen MR) is 103 cm³/mol. The highest BCUT2D eigenvalue weighted by Gasteiger charge is 2.27. The molecule has 1 aliphatic heterocycles. The molecule has 0 spiro atoms. The van der Waals surface area contributed by atoms with Gasteiger partial charge in [0, 0.05) is 19.1 Å². The molecule has 1 heterocycles. The van der Waals surface area contributed by atoms with Crippen LogP contribution in [0.15, 0.2) is 24.3 Å². The van der Waals surface area contributed by atoms with Crippen LogP contribution in [0.4, 0.5) is 0 Å². The first-order valence-corrected chi connectivity index (χ1v) is 9.70. The maximum Gasteiger partial charge on any atom is 0.317 e. The summed E-state index contributed by atoms with van der Waals surface area (Å²) in [6.45, 7) is 8.64. The molecule has 0 saturated carbocycles. The molecular formula is C21H32N2O3. The molecule has 1 fully saturated rings. The second kappa shape index (κ2) is 9.72. The average Bonchev–Trinajstić information content (AvgIpc) is 2.61. The standard InChI is InChI=1S/C21H32N2O3/c1-4-22(15-21(25)26)19-9-11-23(12-10-19)20(24)14-18-7-5-17(6-8-18)13-16(2)3/h5-8,16,19H,4,9-15H2,1-3H3,(H,25,26). The highest BCUT2D eigenvalue weighted by Crippen LogP contribution is 2.18. The summed E-state index contributed by atoms with van der Waals surface area (Å²) < 4.78 is 0. The largest absolute Gasteiger partial charge is 0.480 e. The van der Waals surface area contributed by atoms with E-state index in [2.05, 4.69) is 38.1 Å². The zero-order valence-corrected chi connectivity index (χ0v) is 16.3. The van der Waals surface area contributed by atoms with Crippen molar-refractivity contribution in [3.8, 4) is 0 Å². The monoisotopic (exact) mass is 360 g/mol. The topological polar surface area (TPSA) is 60.9 Å². The summed E-state index contributed by atoms with van der Waals surface area (Å²) in [4.78, 5) is 27.5. The van der Waals surface area contributed by atoms with Crippen molar-refractivity contribution in [3.05, 3.63) is 35.4 Å². The van der Waals surface area contributed by atoms with Gasteiger partial charge in [-0.2, -0.15) is 0 Å². The van der Waals surface area contributed by atoms with Crippen LogP contribution in [0, 0.1) is 5.92 Å². The molecule has 1 saturated heterocycles. The zero-order chi connectivity index (χ0) is 19.1. The Hall–Kier alpha value is -1.88. The lowest BCUT2D eigenvalue weighted by atomic mass is 10.00. The fourth-order valence-electron chi connectivity index (χ4n) is 3.70. The van der Waals surface area contributed by atoms with E-state index in [1.165, 1.54) is 5.56 Å². The maximum atomic E-state index is 12.6. The van der Waals surface area contributed by atoms with E-state index in [0.717, 1.165) is 31.4 Å². The first-order valence-electron chi connectivity index (χ1n) is 9.70. The third kappa shape index (κ3) is 6.13. The lowest BCUT2D eigenvalue weighted by Crippen LogP contribution is -2.48. The first-order chi connectivity index (χ1) is 12.4. The summed E-state index contributed by atoms with van der Waals surface area (Å²) in [7, 11) is 0. The number of likely N-dealkylation sites (tertiary alicyclic amines) is 1. The summed E-state index contributed by atoms with van der Waals surface area (Å²) in [5.74, 6) is 0.0141. The lowest BCUT2D eigenvalue weighted by Gasteiger charge is -2.37. The number of rotatable bonds is 8. The molecule has 0 aromatic heterocycles. The number of piperidine rings is 1. The molecule has 1 aromatic rings. The van der Waals surface area contributed by atoms with Crippen LogP contribution in [0.3, 0.4) is 0 Å². The molecule has 0 atom stereocenters. The highest BCUT2D eigenvalue weighted by atomic mass is 16.4. The molecule has 0 radical (unpaired) electrons. The Balaban J connectivity index is 1.83. The number of hydrogen-bond donors (Lipinski definition) is 1. The molecule has 5 heteroatoms. The molecule has 144 valence electrons. The Labute approximate surface area is 157 Å². The van der Waals surface area contributed by atoms with Gasteiger partial charge in [-0.1, -0.05) is 45.0 Å². The van der Waals surface area contributed by atoms with Crippen LogP contribution in [0.25, 0.3) is 0 Å². The van der Waals surface area contributed by atoms with Gasteiger partial charge in [-0.15, -0.1) is 0 Å². The van der Waals surface area contributed by atoms with E-state index in [9.17, 15) is 9.59 Å². The number of amides is 1. The molecule has 0 unspecified atom stereocenters.